The van der Waals surface area contributed by atoms with Gasteiger partial charge in [-0.25, -0.2) is 4.98 Å². The third-order valence-corrected chi connectivity index (χ3v) is 2.21. The molecule has 0 radical (unpaired) electrons. The molecule has 0 aliphatic rings. The summed E-state index contributed by atoms with van der Waals surface area (Å²) in [6.07, 6.45) is 0.306. The van der Waals surface area contributed by atoms with Crippen molar-refractivity contribution in [2.45, 2.75) is 13.8 Å². The van der Waals surface area contributed by atoms with E-state index in [0.717, 1.165) is 0 Å². The molecular weight excluding hydrogens is 238 g/mol. The predicted molar refractivity (Wildman–Crippen MR) is 63.7 cm³/mol. The lowest BCUT2D eigenvalue weighted by Gasteiger charge is -2.19. The second-order valence-electron chi connectivity index (χ2n) is 4.35. The number of H-pyrrole nitrogens is 1. The van der Waals surface area contributed by atoms with E-state index < -0.39 is 22.9 Å². The highest BCUT2D eigenvalue weighted by molar-refractivity contribution is 5.95. The van der Waals surface area contributed by atoms with Crippen LogP contribution in [0.2, 0.25) is 0 Å². The third-order valence-electron chi connectivity index (χ3n) is 2.21. The predicted octanol–water partition coefficient (Wildman–Crippen LogP) is 0.0160. The standard InChI is InChI=1S/C11H15N3O4/c1-6(2)4-14(3)11(18)8-9(16)10(17)13-7(5-15)12-8/h5-6,16H,4H2,1-3H3,(H,12,13,17). The summed E-state index contributed by atoms with van der Waals surface area (Å²) in [5.74, 6) is -1.44. The van der Waals surface area contributed by atoms with E-state index in [-0.39, 0.29) is 11.7 Å². The van der Waals surface area contributed by atoms with Crippen LogP contribution in [0.3, 0.4) is 0 Å². The molecule has 1 heterocycles. The Morgan fingerprint density at radius 3 is 2.67 bits per heavy atom. The molecule has 0 aliphatic heterocycles. The maximum absolute atomic E-state index is 12.0. The number of aromatic nitrogens is 2. The number of amides is 1. The van der Waals surface area contributed by atoms with E-state index in [1.54, 1.807) is 0 Å². The van der Waals surface area contributed by atoms with Crippen LogP contribution in [0.1, 0.15) is 35.0 Å². The lowest BCUT2D eigenvalue weighted by molar-refractivity contribution is 0.0769. The molecule has 1 aromatic rings. The zero-order valence-corrected chi connectivity index (χ0v) is 10.4. The van der Waals surface area contributed by atoms with E-state index in [9.17, 15) is 19.5 Å². The topological polar surface area (TPSA) is 103 Å². The Bertz CT molecular complexity index is 522. The zero-order chi connectivity index (χ0) is 13.9. The van der Waals surface area contributed by atoms with Crippen molar-refractivity contribution >= 4 is 12.2 Å². The van der Waals surface area contributed by atoms with Crippen LogP contribution < -0.4 is 5.56 Å². The number of carbonyl (C=O) groups is 2. The van der Waals surface area contributed by atoms with Gasteiger partial charge >= 0.3 is 0 Å². The second kappa shape index (κ2) is 5.44. The molecule has 18 heavy (non-hydrogen) atoms. The van der Waals surface area contributed by atoms with Crippen molar-refractivity contribution in [1.82, 2.24) is 14.9 Å². The number of aldehydes is 1. The normalized spacial score (nSPS) is 10.4. The summed E-state index contributed by atoms with van der Waals surface area (Å²) in [4.78, 5) is 40.8. The number of nitrogens with one attached hydrogen (secondary N) is 1. The minimum Gasteiger partial charge on any atom is -0.501 e. The molecule has 0 bridgehead atoms. The maximum atomic E-state index is 12.0. The number of aromatic amines is 1. The summed E-state index contributed by atoms with van der Waals surface area (Å²) in [7, 11) is 1.53. The molecule has 0 aliphatic carbocycles. The molecule has 7 nitrogen and oxygen atoms in total. The number of rotatable bonds is 4. The molecule has 0 fully saturated rings. The first kappa shape index (κ1) is 13.9. The molecule has 2 N–H and O–H groups in total. The minimum absolute atomic E-state index is 0.230. The van der Waals surface area contributed by atoms with E-state index in [2.05, 4.69) is 4.98 Å². The molecule has 0 saturated carbocycles. The molecule has 0 saturated heterocycles. The van der Waals surface area contributed by atoms with Crippen LogP contribution in [-0.2, 0) is 0 Å². The molecule has 7 heteroatoms. The molecule has 1 amide bonds. The van der Waals surface area contributed by atoms with E-state index in [4.69, 9.17) is 0 Å². The van der Waals surface area contributed by atoms with Crippen molar-refractivity contribution in [3.8, 4) is 5.75 Å². The number of aromatic hydroxyl groups is 1. The summed E-state index contributed by atoms with van der Waals surface area (Å²) in [5, 5.41) is 9.50. The van der Waals surface area contributed by atoms with Crippen LogP contribution >= 0.6 is 0 Å². The fraction of sp³-hybridized carbons (Fsp3) is 0.455. The highest BCUT2D eigenvalue weighted by Gasteiger charge is 2.21. The first-order chi connectivity index (χ1) is 8.36. The summed E-state index contributed by atoms with van der Waals surface area (Å²) in [5.41, 5.74) is -1.32. The number of carbonyl (C=O) groups excluding carboxylic acids is 2. The largest absolute Gasteiger partial charge is 0.501 e. The van der Waals surface area contributed by atoms with Gasteiger partial charge in [0.05, 0.1) is 0 Å². The Hall–Kier alpha value is -2.18. The van der Waals surface area contributed by atoms with Crippen molar-refractivity contribution in [2.24, 2.45) is 5.92 Å². The minimum atomic E-state index is -0.909. The van der Waals surface area contributed by atoms with Crippen molar-refractivity contribution < 1.29 is 14.7 Å². The van der Waals surface area contributed by atoms with Crippen molar-refractivity contribution in [1.29, 1.82) is 0 Å². The summed E-state index contributed by atoms with van der Waals surface area (Å²) in [6, 6.07) is 0. The molecule has 0 spiro atoms. The fourth-order valence-corrected chi connectivity index (χ4v) is 1.50. The Morgan fingerprint density at radius 1 is 1.56 bits per heavy atom. The van der Waals surface area contributed by atoms with Gasteiger partial charge in [0.2, 0.25) is 5.75 Å². The Kier molecular flexibility index (Phi) is 4.19. The molecule has 0 aromatic carbocycles. The van der Waals surface area contributed by atoms with Gasteiger partial charge in [-0.05, 0) is 5.92 Å². The van der Waals surface area contributed by atoms with Crippen LogP contribution in [0.25, 0.3) is 0 Å². The Labute approximate surface area is 103 Å². The second-order valence-corrected chi connectivity index (χ2v) is 4.35. The number of hydrogen-bond donors (Lipinski definition) is 2. The third kappa shape index (κ3) is 2.93. The average Bonchev–Trinajstić information content (AvgIpc) is 2.30. The lowest BCUT2D eigenvalue weighted by Crippen LogP contribution is -2.32. The van der Waals surface area contributed by atoms with E-state index >= 15 is 0 Å². The quantitative estimate of drug-likeness (QED) is 0.736. The van der Waals surface area contributed by atoms with E-state index in [1.165, 1.54) is 11.9 Å². The van der Waals surface area contributed by atoms with Crippen molar-refractivity contribution in [2.75, 3.05) is 13.6 Å². The highest BCUT2D eigenvalue weighted by atomic mass is 16.3. The van der Waals surface area contributed by atoms with Gasteiger partial charge in [-0.1, -0.05) is 13.8 Å². The van der Waals surface area contributed by atoms with Crippen LogP contribution in [0.4, 0.5) is 0 Å². The van der Waals surface area contributed by atoms with Crippen molar-refractivity contribution in [3.05, 3.63) is 21.9 Å². The molecule has 0 unspecified atom stereocenters. The van der Waals surface area contributed by atoms with Crippen molar-refractivity contribution in [3.63, 3.8) is 0 Å². The maximum Gasteiger partial charge on any atom is 0.294 e. The zero-order valence-electron chi connectivity index (χ0n) is 10.4. The van der Waals surface area contributed by atoms with E-state index in [0.29, 0.717) is 12.8 Å². The molecular formula is C11H15N3O4. The smallest absolute Gasteiger partial charge is 0.294 e. The molecule has 0 atom stereocenters. The van der Waals surface area contributed by atoms with Gasteiger partial charge in [0, 0.05) is 13.6 Å². The van der Waals surface area contributed by atoms with Gasteiger partial charge in [-0.15, -0.1) is 0 Å². The fourth-order valence-electron chi connectivity index (χ4n) is 1.50. The average molecular weight is 253 g/mol. The summed E-state index contributed by atoms with van der Waals surface area (Å²) < 4.78 is 0. The molecule has 98 valence electrons. The van der Waals surface area contributed by atoms with E-state index in [1.807, 2.05) is 18.8 Å². The van der Waals surface area contributed by atoms with Gasteiger partial charge in [-0.2, -0.15) is 0 Å². The first-order valence-corrected chi connectivity index (χ1v) is 5.40. The van der Waals surface area contributed by atoms with Crippen LogP contribution in [0.5, 0.6) is 5.75 Å². The number of hydrogen-bond acceptors (Lipinski definition) is 5. The van der Waals surface area contributed by atoms with Gasteiger partial charge in [0.25, 0.3) is 11.5 Å². The van der Waals surface area contributed by atoms with Crippen LogP contribution in [-0.4, -0.2) is 45.8 Å². The number of nitrogens with zero attached hydrogens (tertiary/aromatic N) is 2. The summed E-state index contributed by atoms with van der Waals surface area (Å²) in [6.45, 7) is 4.29. The Morgan fingerprint density at radius 2 is 2.17 bits per heavy atom. The van der Waals surface area contributed by atoms with Gasteiger partial charge in [-0.3, -0.25) is 14.4 Å². The summed E-state index contributed by atoms with van der Waals surface area (Å²) >= 11 is 0. The van der Waals surface area contributed by atoms with Crippen LogP contribution in [0.15, 0.2) is 4.79 Å². The van der Waals surface area contributed by atoms with Gasteiger partial charge in [0.15, 0.2) is 17.8 Å². The highest BCUT2D eigenvalue weighted by Crippen LogP contribution is 2.11. The molecule has 1 aromatic heterocycles. The van der Waals surface area contributed by atoms with Gasteiger partial charge in [0.1, 0.15) is 0 Å². The Balaban J connectivity index is 3.16. The first-order valence-electron chi connectivity index (χ1n) is 5.40. The van der Waals surface area contributed by atoms with Gasteiger partial charge < -0.3 is 15.0 Å². The lowest BCUT2D eigenvalue weighted by atomic mass is 10.2. The SMILES string of the molecule is CC(C)CN(C)C(=O)c1nc(C=O)[nH]c(=O)c1O. The molecule has 1 rings (SSSR count). The monoisotopic (exact) mass is 253 g/mol. The van der Waals surface area contributed by atoms with Crippen LogP contribution in [0, 0.1) is 5.92 Å².